The molecule has 2 aromatic heterocycles. The topological polar surface area (TPSA) is 90.9 Å². The van der Waals surface area contributed by atoms with E-state index >= 15 is 0 Å². The average molecular weight is 497 g/mol. The smallest absolute Gasteiger partial charge is 0.368 e. The summed E-state index contributed by atoms with van der Waals surface area (Å²) >= 11 is 3.35. The zero-order chi connectivity index (χ0) is 21.7. The normalized spacial score (nSPS) is 12.4. The molecule has 11 heteroatoms. The first-order valence-electron chi connectivity index (χ1n) is 8.40. The van der Waals surface area contributed by atoms with Gasteiger partial charge in [-0.2, -0.15) is 13.2 Å². The number of alkyl halides is 3. The van der Waals surface area contributed by atoms with Gasteiger partial charge < -0.3 is 5.73 Å². The summed E-state index contributed by atoms with van der Waals surface area (Å²) in [6, 6.07) is 10.1. The first-order chi connectivity index (χ1) is 14.1. The van der Waals surface area contributed by atoms with Crippen LogP contribution in [-0.4, -0.2) is 22.4 Å². The van der Waals surface area contributed by atoms with Gasteiger partial charge in [-0.3, -0.25) is 0 Å². The highest BCUT2D eigenvalue weighted by Gasteiger charge is 2.32. The van der Waals surface area contributed by atoms with E-state index in [9.17, 15) is 21.6 Å². The quantitative estimate of drug-likeness (QED) is 0.443. The van der Waals surface area contributed by atoms with E-state index in [1.165, 1.54) is 12.4 Å². The number of rotatable bonds is 3. The predicted octanol–water partition coefficient (Wildman–Crippen LogP) is 4.70. The van der Waals surface area contributed by atoms with Crippen LogP contribution in [0.1, 0.15) is 5.56 Å². The van der Waals surface area contributed by atoms with Crippen molar-refractivity contribution in [3.05, 3.63) is 71.0 Å². The van der Waals surface area contributed by atoms with Gasteiger partial charge in [-0.05, 0) is 42.5 Å². The van der Waals surface area contributed by atoms with Crippen molar-refractivity contribution in [2.45, 2.75) is 11.1 Å². The summed E-state index contributed by atoms with van der Waals surface area (Å²) in [6.07, 6.45) is -1.92. The summed E-state index contributed by atoms with van der Waals surface area (Å²) in [6.45, 7) is 0. The van der Waals surface area contributed by atoms with Crippen molar-refractivity contribution < 1.29 is 21.6 Å². The molecule has 0 saturated carbocycles. The molecule has 30 heavy (non-hydrogen) atoms. The third-order valence-electron chi connectivity index (χ3n) is 4.40. The largest absolute Gasteiger partial charge is 0.416 e. The van der Waals surface area contributed by atoms with E-state index < -0.39 is 26.7 Å². The van der Waals surface area contributed by atoms with E-state index in [1.807, 2.05) is 0 Å². The SMILES string of the molecule is Nc1nccc(-c2cn(S(=O)(=O)c3cccc(C(F)(F)F)c3)c3ccc(Br)cc23)n1. The fourth-order valence-corrected chi connectivity index (χ4v) is 4.82. The van der Waals surface area contributed by atoms with Crippen LogP contribution in [0.5, 0.6) is 0 Å². The molecule has 0 bridgehead atoms. The number of nitrogens with two attached hydrogens (primary N) is 1. The number of aromatic nitrogens is 3. The van der Waals surface area contributed by atoms with Crippen molar-refractivity contribution in [1.82, 2.24) is 13.9 Å². The molecule has 0 aliphatic carbocycles. The van der Waals surface area contributed by atoms with Gasteiger partial charge >= 0.3 is 6.18 Å². The Morgan fingerprint density at radius 3 is 2.53 bits per heavy atom. The van der Waals surface area contributed by atoms with E-state index in [2.05, 4.69) is 25.9 Å². The maximum absolute atomic E-state index is 13.2. The van der Waals surface area contributed by atoms with Crippen molar-refractivity contribution in [3.8, 4) is 11.3 Å². The van der Waals surface area contributed by atoms with Crippen LogP contribution in [0.3, 0.4) is 0 Å². The number of nitrogens with zero attached hydrogens (tertiary/aromatic N) is 3. The lowest BCUT2D eigenvalue weighted by Crippen LogP contribution is -2.13. The number of fused-ring (bicyclic) bond motifs is 1. The Balaban J connectivity index is 1.98. The molecule has 0 unspecified atom stereocenters. The van der Waals surface area contributed by atoms with E-state index in [1.54, 1.807) is 24.3 Å². The molecule has 6 nitrogen and oxygen atoms in total. The van der Waals surface area contributed by atoms with E-state index in [0.29, 0.717) is 27.2 Å². The monoisotopic (exact) mass is 496 g/mol. The highest BCUT2D eigenvalue weighted by atomic mass is 79.9. The minimum atomic E-state index is -4.67. The Morgan fingerprint density at radius 1 is 1.07 bits per heavy atom. The summed E-state index contributed by atoms with van der Waals surface area (Å²) in [4.78, 5) is 7.48. The molecule has 0 atom stereocenters. The van der Waals surface area contributed by atoms with Crippen LogP contribution in [0.15, 0.2) is 70.3 Å². The van der Waals surface area contributed by atoms with Crippen molar-refractivity contribution in [3.63, 3.8) is 0 Å². The van der Waals surface area contributed by atoms with Gasteiger partial charge in [0.05, 0.1) is 21.7 Å². The predicted molar refractivity (Wildman–Crippen MR) is 109 cm³/mol. The minimum absolute atomic E-state index is 0.00383. The first kappa shape index (κ1) is 20.4. The Morgan fingerprint density at radius 2 is 1.83 bits per heavy atom. The molecule has 0 aliphatic rings. The molecule has 0 amide bonds. The van der Waals surface area contributed by atoms with Crippen molar-refractivity contribution in [2.75, 3.05) is 5.73 Å². The first-order valence-corrected chi connectivity index (χ1v) is 10.6. The molecule has 154 valence electrons. The highest BCUT2D eigenvalue weighted by molar-refractivity contribution is 9.10. The molecular weight excluding hydrogens is 485 g/mol. The fourth-order valence-electron chi connectivity index (χ4n) is 3.05. The Bertz CT molecular complexity index is 1380. The molecule has 4 aromatic rings. The molecule has 2 heterocycles. The maximum atomic E-state index is 13.2. The molecule has 0 saturated heterocycles. The number of benzene rings is 2. The Kier molecular flexibility index (Phi) is 4.82. The van der Waals surface area contributed by atoms with E-state index in [0.717, 1.165) is 22.2 Å². The standard InChI is InChI=1S/C19H12BrF3N4O2S/c20-12-4-5-17-14(9-12)15(16-6-7-25-18(24)26-16)10-27(17)30(28,29)13-3-1-2-11(8-13)19(21,22)23/h1-10H,(H2,24,25,26). The Labute approximate surface area is 177 Å². The summed E-state index contributed by atoms with van der Waals surface area (Å²) in [5.74, 6) is 0.00383. The molecule has 4 rings (SSSR count). The molecule has 0 spiro atoms. The highest BCUT2D eigenvalue weighted by Crippen LogP contribution is 2.35. The van der Waals surface area contributed by atoms with Crippen LogP contribution in [0.4, 0.5) is 19.1 Å². The van der Waals surface area contributed by atoms with Crippen LogP contribution >= 0.6 is 15.9 Å². The van der Waals surface area contributed by atoms with Crippen molar-refractivity contribution in [1.29, 1.82) is 0 Å². The fraction of sp³-hybridized carbons (Fsp3) is 0.0526. The minimum Gasteiger partial charge on any atom is -0.368 e. The molecule has 2 N–H and O–H groups in total. The third-order valence-corrected chi connectivity index (χ3v) is 6.56. The van der Waals surface area contributed by atoms with E-state index in [-0.39, 0.29) is 11.5 Å². The van der Waals surface area contributed by atoms with Crippen LogP contribution in [0.2, 0.25) is 0 Å². The van der Waals surface area contributed by atoms with Gasteiger partial charge in [0.1, 0.15) is 0 Å². The number of nitrogen functional groups attached to an aromatic ring is 1. The number of hydrogen-bond acceptors (Lipinski definition) is 5. The number of hydrogen-bond donors (Lipinski definition) is 1. The second kappa shape index (κ2) is 7.10. The Hall–Kier alpha value is -2.92. The average Bonchev–Trinajstić information content (AvgIpc) is 3.07. The van der Waals surface area contributed by atoms with Crippen LogP contribution in [-0.2, 0) is 16.2 Å². The molecule has 0 radical (unpaired) electrons. The third kappa shape index (κ3) is 3.54. The van der Waals surface area contributed by atoms with Gasteiger partial charge in [0.2, 0.25) is 5.95 Å². The van der Waals surface area contributed by atoms with Crippen LogP contribution < -0.4 is 5.73 Å². The van der Waals surface area contributed by atoms with Gasteiger partial charge in [0, 0.05) is 27.8 Å². The maximum Gasteiger partial charge on any atom is 0.416 e. The second-order valence-corrected chi connectivity index (χ2v) is 9.06. The lowest BCUT2D eigenvalue weighted by atomic mass is 10.1. The summed E-state index contributed by atoms with van der Waals surface area (Å²) < 4.78 is 67.4. The lowest BCUT2D eigenvalue weighted by molar-refractivity contribution is -0.137. The van der Waals surface area contributed by atoms with Crippen molar-refractivity contribution >= 4 is 42.8 Å². The van der Waals surface area contributed by atoms with Gasteiger partial charge in [-0.25, -0.2) is 22.4 Å². The molecular formula is C19H12BrF3N4O2S. The summed E-state index contributed by atoms with van der Waals surface area (Å²) in [7, 11) is -4.33. The van der Waals surface area contributed by atoms with Gasteiger partial charge in [-0.1, -0.05) is 22.0 Å². The van der Waals surface area contributed by atoms with Gasteiger partial charge in [0.25, 0.3) is 10.0 Å². The van der Waals surface area contributed by atoms with Crippen LogP contribution in [0, 0.1) is 0 Å². The molecule has 0 fully saturated rings. The summed E-state index contributed by atoms with van der Waals surface area (Å²) in [5, 5.41) is 0.526. The van der Waals surface area contributed by atoms with E-state index in [4.69, 9.17) is 5.73 Å². The molecule has 2 aromatic carbocycles. The van der Waals surface area contributed by atoms with Crippen LogP contribution in [0.25, 0.3) is 22.2 Å². The van der Waals surface area contributed by atoms with Gasteiger partial charge in [0.15, 0.2) is 0 Å². The molecule has 0 aliphatic heterocycles. The summed E-state index contributed by atoms with van der Waals surface area (Å²) in [5.41, 5.74) is 5.70. The van der Waals surface area contributed by atoms with Gasteiger partial charge in [-0.15, -0.1) is 0 Å². The zero-order valence-electron chi connectivity index (χ0n) is 14.9. The number of anilines is 1. The number of halogens is 4. The second-order valence-electron chi connectivity index (χ2n) is 6.33. The zero-order valence-corrected chi connectivity index (χ0v) is 17.3. The lowest BCUT2D eigenvalue weighted by Gasteiger charge is -2.11. The van der Waals surface area contributed by atoms with Crippen molar-refractivity contribution in [2.24, 2.45) is 0 Å².